The van der Waals surface area contributed by atoms with E-state index in [0.29, 0.717) is 18.1 Å². The van der Waals surface area contributed by atoms with E-state index in [2.05, 4.69) is 18.7 Å². The maximum Gasteiger partial charge on any atom is 0.344 e. The largest absolute Gasteiger partial charge is 0.511 e. The Balaban J connectivity index is 2.38. The molecular formula is C20H31NO4. The number of aliphatic hydroxyl groups excluding tert-OH is 1. The van der Waals surface area contributed by atoms with E-state index in [4.69, 9.17) is 9.57 Å². The van der Waals surface area contributed by atoms with E-state index < -0.39 is 11.6 Å². The average Bonchev–Trinajstić information content (AvgIpc) is 2.58. The van der Waals surface area contributed by atoms with Crippen molar-refractivity contribution in [3.63, 3.8) is 0 Å². The van der Waals surface area contributed by atoms with E-state index in [-0.39, 0.29) is 23.9 Å². The molecule has 1 saturated carbocycles. The zero-order chi connectivity index (χ0) is 18.4. The number of aliphatic hydroxyl groups is 1. The first-order chi connectivity index (χ1) is 12.0. The lowest BCUT2D eigenvalue weighted by Gasteiger charge is -2.46. The number of oxime groups is 1. The van der Waals surface area contributed by atoms with Crippen LogP contribution in [0.5, 0.6) is 0 Å². The number of carbonyl (C=O) groups excluding carboxylic acids is 1. The quantitative estimate of drug-likeness (QED) is 0.238. The molecule has 1 aliphatic carbocycles. The van der Waals surface area contributed by atoms with Gasteiger partial charge >= 0.3 is 5.97 Å². The van der Waals surface area contributed by atoms with Gasteiger partial charge in [0.25, 0.3) is 0 Å². The summed E-state index contributed by atoms with van der Waals surface area (Å²) < 4.78 is 5.97. The third kappa shape index (κ3) is 4.07. The number of esters is 1. The molecule has 1 atom stereocenters. The van der Waals surface area contributed by atoms with E-state index in [1.807, 2.05) is 13.8 Å². The molecule has 2 rings (SSSR count). The first-order valence-electron chi connectivity index (χ1n) is 9.45. The summed E-state index contributed by atoms with van der Waals surface area (Å²) in [5, 5.41) is 15.0. The van der Waals surface area contributed by atoms with Crippen LogP contribution in [0.1, 0.15) is 65.7 Å². The van der Waals surface area contributed by atoms with Crippen LogP contribution in [0.3, 0.4) is 0 Å². The number of hydrogen-bond donors (Lipinski definition) is 1. The Labute approximate surface area is 150 Å². The van der Waals surface area contributed by atoms with Gasteiger partial charge in [-0.2, -0.15) is 0 Å². The molecule has 0 saturated heterocycles. The summed E-state index contributed by atoms with van der Waals surface area (Å²) in [6, 6.07) is 0. The molecule has 5 nitrogen and oxygen atoms in total. The molecule has 0 aromatic heterocycles. The second-order valence-electron chi connectivity index (χ2n) is 7.23. The maximum atomic E-state index is 12.8. The molecule has 1 unspecified atom stereocenters. The van der Waals surface area contributed by atoms with Crippen LogP contribution in [0.25, 0.3) is 0 Å². The van der Waals surface area contributed by atoms with Crippen LogP contribution in [-0.2, 0) is 14.4 Å². The number of ether oxygens (including phenoxy) is 1. The fraction of sp³-hybridized carbons (Fsp3) is 0.700. The van der Waals surface area contributed by atoms with Crippen LogP contribution in [0.2, 0.25) is 0 Å². The molecule has 5 heteroatoms. The van der Waals surface area contributed by atoms with Crippen molar-refractivity contribution in [3.05, 3.63) is 24.0 Å². The third-order valence-electron chi connectivity index (χ3n) is 5.39. The molecule has 140 valence electrons. The predicted octanol–water partition coefficient (Wildman–Crippen LogP) is 4.69. The molecule has 0 aromatic rings. The minimum absolute atomic E-state index is 0.128. The monoisotopic (exact) mass is 349 g/mol. The fourth-order valence-corrected chi connectivity index (χ4v) is 3.99. The van der Waals surface area contributed by atoms with Gasteiger partial charge in [0.15, 0.2) is 0 Å². The maximum absolute atomic E-state index is 12.8. The van der Waals surface area contributed by atoms with Crippen molar-refractivity contribution < 1.29 is 19.5 Å². The van der Waals surface area contributed by atoms with Crippen molar-refractivity contribution in [2.24, 2.45) is 17.0 Å². The number of hydrogen-bond acceptors (Lipinski definition) is 5. The van der Waals surface area contributed by atoms with Gasteiger partial charge in [0.2, 0.25) is 0 Å². The Morgan fingerprint density at radius 2 is 2.12 bits per heavy atom. The van der Waals surface area contributed by atoms with Crippen molar-refractivity contribution in [1.29, 1.82) is 0 Å². The van der Waals surface area contributed by atoms with Crippen molar-refractivity contribution in [3.8, 4) is 0 Å². The lowest BCUT2D eigenvalue weighted by atomic mass is 9.69. The Kier molecular flexibility index (Phi) is 6.68. The van der Waals surface area contributed by atoms with E-state index in [0.717, 1.165) is 38.5 Å². The second-order valence-corrected chi connectivity index (χ2v) is 7.23. The van der Waals surface area contributed by atoms with E-state index in [1.165, 1.54) is 0 Å². The van der Waals surface area contributed by atoms with Gasteiger partial charge in [0.05, 0.1) is 11.6 Å². The van der Waals surface area contributed by atoms with Crippen LogP contribution in [0, 0.1) is 11.8 Å². The normalized spacial score (nSPS) is 30.4. The lowest BCUT2D eigenvalue weighted by Crippen LogP contribution is -2.50. The first kappa shape index (κ1) is 19.5. The highest BCUT2D eigenvalue weighted by atomic mass is 16.6. The highest BCUT2D eigenvalue weighted by molar-refractivity contribution is 6.20. The van der Waals surface area contributed by atoms with Gasteiger partial charge in [-0.05, 0) is 44.4 Å². The second kappa shape index (κ2) is 8.54. The number of rotatable bonds is 7. The van der Waals surface area contributed by atoms with Crippen LogP contribution in [-0.4, -0.2) is 29.0 Å². The summed E-state index contributed by atoms with van der Waals surface area (Å²) in [6.45, 7) is 10.1. The Hall–Kier alpha value is -1.78. The molecule has 0 aromatic carbocycles. The smallest absolute Gasteiger partial charge is 0.344 e. The zero-order valence-corrected chi connectivity index (χ0v) is 15.7. The molecule has 2 aliphatic rings. The molecular weight excluding hydrogens is 318 g/mol. The highest BCUT2D eigenvalue weighted by Crippen LogP contribution is 2.47. The average molecular weight is 349 g/mol. The number of carbonyl (C=O) groups is 1. The summed E-state index contributed by atoms with van der Waals surface area (Å²) in [5.41, 5.74) is 0.0944. The molecule has 1 N–H and O–H groups in total. The first-order valence-corrected chi connectivity index (χ1v) is 9.45. The molecule has 1 spiro atoms. The summed E-state index contributed by atoms with van der Waals surface area (Å²) in [7, 11) is 0. The van der Waals surface area contributed by atoms with Crippen LogP contribution < -0.4 is 0 Å². The van der Waals surface area contributed by atoms with Gasteiger partial charge in [0.1, 0.15) is 23.5 Å². The third-order valence-corrected chi connectivity index (χ3v) is 5.39. The fourth-order valence-electron chi connectivity index (χ4n) is 3.99. The van der Waals surface area contributed by atoms with Gasteiger partial charge in [-0.3, -0.25) is 0 Å². The topological polar surface area (TPSA) is 68.1 Å². The van der Waals surface area contributed by atoms with Gasteiger partial charge in [-0.15, -0.1) is 0 Å². The standard InChI is InChI=1S/C20H31NO4/c1-5-8-16(21-24-13-6-2)17-18(22)15(7-3)20(25-19(17)23)11-9-14(4)10-12-20/h6,14-15,22H,2,5,7-13H2,1,3-4H3. The Morgan fingerprint density at radius 3 is 2.68 bits per heavy atom. The van der Waals surface area contributed by atoms with E-state index >= 15 is 0 Å². The van der Waals surface area contributed by atoms with E-state index in [9.17, 15) is 9.90 Å². The van der Waals surface area contributed by atoms with Gasteiger partial charge in [-0.1, -0.05) is 45.0 Å². The molecule has 1 heterocycles. The van der Waals surface area contributed by atoms with Crippen molar-refractivity contribution >= 4 is 11.7 Å². The number of nitrogens with zero attached hydrogens (tertiary/aromatic N) is 1. The van der Waals surface area contributed by atoms with E-state index in [1.54, 1.807) is 6.08 Å². The minimum Gasteiger partial charge on any atom is -0.511 e. The molecule has 0 amide bonds. The van der Waals surface area contributed by atoms with Gasteiger partial charge in [-0.25, -0.2) is 4.79 Å². The minimum atomic E-state index is -0.564. The molecule has 25 heavy (non-hydrogen) atoms. The zero-order valence-electron chi connectivity index (χ0n) is 15.7. The van der Waals surface area contributed by atoms with Crippen molar-refractivity contribution in [1.82, 2.24) is 0 Å². The predicted molar refractivity (Wildman–Crippen MR) is 98.4 cm³/mol. The summed E-state index contributed by atoms with van der Waals surface area (Å²) >= 11 is 0. The van der Waals surface area contributed by atoms with Gasteiger partial charge in [0, 0.05) is 0 Å². The highest BCUT2D eigenvalue weighted by Gasteiger charge is 2.51. The summed E-state index contributed by atoms with van der Waals surface area (Å²) in [4.78, 5) is 18.0. The summed E-state index contributed by atoms with van der Waals surface area (Å²) in [6.07, 6.45) is 7.31. The molecule has 0 radical (unpaired) electrons. The van der Waals surface area contributed by atoms with Crippen molar-refractivity contribution in [2.45, 2.75) is 71.3 Å². The van der Waals surface area contributed by atoms with Crippen LogP contribution in [0.4, 0.5) is 0 Å². The van der Waals surface area contributed by atoms with Crippen LogP contribution >= 0.6 is 0 Å². The lowest BCUT2D eigenvalue weighted by molar-refractivity contribution is -0.171. The SMILES string of the molecule is C=CCON=C(CCC)C1=C(O)C(CC)C2(CCC(C)CC2)OC1=O. The Bertz CT molecular complexity index is 556. The molecule has 1 fully saturated rings. The molecule has 0 bridgehead atoms. The summed E-state index contributed by atoms with van der Waals surface area (Å²) in [5.74, 6) is 0.127. The van der Waals surface area contributed by atoms with Crippen molar-refractivity contribution in [2.75, 3.05) is 6.61 Å². The molecule has 1 aliphatic heterocycles. The Morgan fingerprint density at radius 1 is 1.44 bits per heavy atom. The van der Waals surface area contributed by atoms with Crippen LogP contribution in [0.15, 0.2) is 29.1 Å². The van der Waals surface area contributed by atoms with Gasteiger partial charge < -0.3 is 14.7 Å².